The van der Waals surface area contributed by atoms with E-state index in [0.29, 0.717) is 16.4 Å². The number of carbonyl (C=O) groups is 2. The molecule has 0 radical (unpaired) electrons. The minimum Gasteiger partial charge on any atom is -0.326 e. The third kappa shape index (κ3) is 6.30. The average Bonchev–Trinajstić information content (AvgIpc) is 3.38. The fraction of sp³-hybridized carbons (Fsp3) is 0.200. The van der Waals surface area contributed by atoms with Gasteiger partial charge in [-0.15, -0.1) is 23.2 Å². The first-order valence-electron chi connectivity index (χ1n) is 10.3. The molecular weight excluding hydrogens is 601 g/mol. The lowest BCUT2D eigenvalue weighted by molar-refractivity contribution is -0.117. The first-order valence-corrected chi connectivity index (χ1v) is 12.6. The fourth-order valence-corrected chi connectivity index (χ4v) is 5.59. The zero-order chi connectivity index (χ0) is 25.9. The van der Waals surface area contributed by atoms with E-state index in [9.17, 15) is 14.0 Å². The summed E-state index contributed by atoms with van der Waals surface area (Å²) in [6.07, 6.45) is 5.77. The largest absolute Gasteiger partial charge is 0.326 e. The minimum atomic E-state index is -1.31. The standard InChI is InChI=1S/C25H20BrCl4FN2O2/c1-3-5-18(6-4-9-31)33(2)24(35)19-13-17(7-8-20(19)28)32-23(34)22-21(25(22,29)30)14-10-15(26)12-16(27)11-14/h3-8,10-13,21-22H,1,9H2,2H3,(H,32,34)/b6-4-,18-5+. The highest BCUT2D eigenvalue weighted by atomic mass is 79.9. The van der Waals surface area contributed by atoms with Gasteiger partial charge in [-0.1, -0.05) is 57.9 Å². The molecule has 2 amide bonds. The summed E-state index contributed by atoms with van der Waals surface area (Å²) >= 11 is 28.7. The molecule has 1 saturated carbocycles. The Bertz CT molecular complexity index is 1210. The van der Waals surface area contributed by atoms with Crippen molar-refractivity contribution in [1.29, 1.82) is 0 Å². The molecule has 2 aromatic carbocycles. The Morgan fingerprint density at radius 3 is 2.57 bits per heavy atom. The molecule has 0 heterocycles. The molecule has 0 saturated heterocycles. The summed E-state index contributed by atoms with van der Waals surface area (Å²) in [6.45, 7) is 2.93. The van der Waals surface area contributed by atoms with Crippen molar-refractivity contribution in [1.82, 2.24) is 4.90 Å². The van der Waals surface area contributed by atoms with Crippen molar-refractivity contribution in [2.24, 2.45) is 5.92 Å². The SMILES string of the molecule is C=C/C=C(\C=C/CF)N(C)C(=O)c1cc(NC(=O)C2C(c3cc(Cl)cc(Br)c3)C2(Cl)Cl)ccc1Cl. The maximum Gasteiger partial charge on any atom is 0.259 e. The third-order valence-electron chi connectivity index (χ3n) is 5.40. The second kappa shape index (κ2) is 11.5. The number of allylic oxidation sites excluding steroid dienone is 4. The number of rotatable bonds is 8. The zero-order valence-corrected chi connectivity index (χ0v) is 23.0. The van der Waals surface area contributed by atoms with Crippen molar-refractivity contribution in [3.05, 3.63) is 98.6 Å². The second-order valence-electron chi connectivity index (χ2n) is 7.76. The predicted molar refractivity (Wildman–Crippen MR) is 145 cm³/mol. The van der Waals surface area contributed by atoms with Gasteiger partial charge in [0.2, 0.25) is 5.91 Å². The number of likely N-dealkylation sites (N-methyl/N-ethyl adjacent to an activating group) is 1. The van der Waals surface area contributed by atoms with Crippen LogP contribution in [0.15, 0.2) is 77.5 Å². The number of hydrogen-bond donors (Lipinski definition) is 1. The molecular formula is C25H20BrCl4FN2O2. The Kier molecular flexibility index (Phi) is 9.11. The van der Waals surface area contributed by atoms with E-state index in [-0.39, 0.29) is 10.6 Å². The monoisotopic (exact) mass is 618 g/mol. The van der Waals surface area contributed by atoms with E-state index in [1.54, 1.807) is 24.3 Å². The van der Waals surface area contributed by atoms with E-state index in [1.807, 2.05) is 6.07 Å². The molecule has 1 aliphatic carbocycles. The van der Waals surface area contributed by atoms with E-state index < -0.39 is 34.7 Å². The highest BCUT2D eigenvalue weighted by Gasteiger charge is 2.67. The normalized spacial score (nSPS) is 18.9. The number of anilines is 1. The second-order valence-corrected chi connectivity index (χ2v) is 11.0. The van der Waals surface area contributed by atoms with Crippen LogP contribution in [0, 0.1) is 5.92 Å². The van der Waals surface area contributed by atoms with Gasteiger partial charge in [0.05, 0.1) is 16.5 Å². The van der Waals surface area contributed by atoms with Gasteiger partial charge in [-0.05, 0) is 54.1 Å². The van der Waals surface area contributed by atoms with E-state index in [4.69, 9.17) is 46.4 Å². The predicted octanol–water partition coefficient (Wildman–Crippen LogP) is 7.95. The molecule has 3 rings (SSSR count). The van der Waals surface area contributed by atoms with Gasteiger partial charge in [0.15, 0.2) is 0 Å². The maximum atomic E-state index is 13.1. The number of alkyl halides is 3. The number of carbonyl (C=O) groups excluding carboxylic acids is 2. The molecule has 184 valence electrons. The topological polar surface area (TPSA) is 49.4 Å². The van der Waals surface area contributed by atoms with E-state index >= 15 is 0 Å². The number of benzene rings is 2. The van der Waals surface area contributed by atoms with Crippen LogP contribution >= 0.6 is 62.3 Å². The molecule has 0 bridgehead atoms. The van der Waals surface area contributed by atoms with Crippen molar-refractivity contribution >= 4 is 79.8 Å². The van der Waals surface area contributed by atoms with Crippen LogP contribution in [0.3, 0.4) is 0 Å². The van der Waals surface area contributed by atoms with Gasteiger partial charge in [0.1, 0.15) is 11.0 Å². The van der Waals surface area contributed by atoms with Gasteiger partial charge >= 0.3 is 0 Å². The lowest BCUT2D eigenvalue weighted by atomic mass is 10.1. The Morgan fingerprint density at radius 2 is 1.94 bits per heavy atom. The van der Waals surface area contributed by atoms with Crippen LogP contribution in [0.1, 0.15) is 21.8 Å². The molecule has 0 aliphatic heterocycles. The van der Waals surface area contributed by atoms with Crippen LogP contribution in [0.25, 0.3) is 0 Å². The van der Waals surface area contributed by atoms with E-state index in [1.165, 1.54) is 42.3 Å². The van der Waals surface area contributed by atoms with Crippen LogP contribution in [-0.4, -0.2) is 34.8 Å². The highest BCUT2D eigenvalue weighted by molar-refractivity contribution is 9.10. The van der Waals surface area contributed by atoms with Gasteiger partial charge in [-0.25, -0.2) is 4.39 Å². The van der Waals surface area contributed by atoms with Crippen molar-refractivity contribution in [2.75, 3.05) is 19.0 Å². The van der Waals surface area contributed by atoms with Gasteiger partial charge in [0.25, 0.3) is 5.91 Å². The molecule has 0 aromatic heterocycles. The van der Waals surface area contributed by atoms with Gasteiger partial charge in [0, 0.05) is 33.8 Å². The molecule has 2 atom stereocenters. The lowest BCUT2D eigenvalue weighted by Gasteiger charge is -2.19. The van der Waals surface area contributed by atoms with Gasteiger partial charge < -0.3 is 10.2 Å². The van der Waals surface area contributed by atoms with Crippen LogP contribution in [0.4, 0.5) is 10.1 Å². The number of hydrogen-bond acceptors (Lipinski definition) is 2. The van der Waals surface area contributed by atoms with Crippen molar-refractivity contribution in [3.8, 4) is 0 Å². The lowest BCUT2D eigenvalue weighted by Crippen LogP contribution is -2.26. The van der Waals surface area contributed by atoms with Crippen LogP contribution < -0.4 is 5.32 Å². The van der Waals surface area contributed by atoms with Gasteiger partial charge in [-0.2, -0.15) is 0 Å². The molecule has 0 spiro atoms. The number of nitrogens with one attached hydrogen (secondary N) is 1. The summed E-state index contributed by atoms with van der Waals surface area (Å²) in [5, 5.41) is 3.43. The van der Waals surface area contributed by atoms with E-state index in [0.717, 1.165) is 10.0 Å². The Balaban J connectivity index is 1.82. The summed E-state index contributed by atoms with van der Waals surface area (Å²) in [7, 11) is 1.52. The van der Waals surface area contributed by atoms with Crippen molar-refractivity contribution < 1.29 is 14.0 Å². The molecule has 2 aromatic rings. The van der Waals surface area contributed by atoms with Crippen molar-refractivity contribution in [3.63, 3.8) is 0 Å². The number of halogens is 6. The Morgan fingerprint density at radius 1 is 1.23 bits per heavy atom. The molecule has 10 heteroatoms. The Hall–Kier alpha value is -1.83. The van der Waals surface area contributed by atoms with E-state index in [2.05, 4.69) is 27.8 Å². The molecule has 1 fully saturated rings. The number of nitrogens with zero attached hydrogens (tertiary/aromatic N) is 1. The van der Waals surface area contributed by atoms with Gasteiger partial charge in [-0.3, -0.25) is 9.59 Å². The number of amides is 2. The highest BCUT2D eigenvalue weighted by Crippen LogP contribution is 2.65. The summed E-state index contributed by atoms with van der Waals surface area (Å²) in [5.74, 6) is -2.07. The summed E-state index contributed by atoms with van der Waals surface area (Å²) in [6, 6.07) is 9.77. The molecule has 1 N–H and O–H groups in total. The zero-order valence-electron chi connectivity index (χ0n) is 18.4. The summed E-state index contributed by atoms with van der Waals surface area (Å²) in [4.78, 5) is 27.4. The third-order valence-corrected chi connectivity index (χ3v) is 7.35. The smallest absolute Gasteiger partial charge is 0.259 e. The fourth-order valence-electron chi connectivity index (χ4n) is 3.67. The molecule has 1 aliphatic rings. The first kappa shape index (κ1) is 27.8. The molecule has 35 heavy (non-hydrogen) atoms. The average molecular weight is 621 g/mol. The van der Waals surface area contributed by atoms with Crippen LogP contribution in [-0.2, 0) is 4.79 Å². The summed E-state index contributed by atoms with van der Waals surface area (Å²) < 4.78 is 12.0. The molecule has 2 unspecified atom stereocenters. The van der Waals surface area contributed by atoms with Crippen LogP contribution in [0.5, 0.6) is 0 Å². The summed E-state index contributed by atoms with van der Waals surface area (Å²) in [5.41, 5.74) is 1.62. The first-order chi connectivity index (χ1) is 16.5. The minimum absolute atomic E-state index is 0.143. The van der Waals surface area contributed by atoms with Crippen LogP contribution in [0.2, 0.25) is 10.0 Å². The van der Waals surface area contributed by atoms with Crippen molar-refractivity contribution in [2.45, 2.75) is 10.3 Å². The Labute approximate surface area is 231 Å². The maximum absolute atomic E-state index is 13.1. The quantitative estimate of drug-likeness (QED) is 0.241. The molecule has 4 nitrogen and oxygen atoms in total.